The lowest BCUT2D eigenvalue weighted by molar-refractivity contribution is 0.113. The summed E-state index contributed by atoms with van der Waals surface area (Å²) in [5.74, 6) is 1.42. The molecular weight excluding hydrogens is 302 g/mol. The summed E-state index contributed by atoms with van der Waals surface area (Å²) in [6, 6.07) is 5.99. The summed E-state index contributed by atoms with van der Waals surface area (Å²) in [4.78, 5) is -0.0666. The lowest BCUT2D eigenvalue weighted by atomic mass is 10.2. The van der Waals surface area contributed by atoms with Crippen LogP contribution in [0.2, 0.25) is 0 Å². The van der Waals surface area contributed by atoms with E-state index in [-0.39, 0.29) is 11.5 Å². The fourth-order valence-electron chi connectivity index (χ4n) is 1.07. The van der Waals surface area contributed by atoms with Gasteiger partial charge in [-0.25, -0.2) is 0 Å². The number of nitrogens with two attached hydrogens (primary N) is 1. The van der Waals surface area contributed by atoms with Crippen LogP contribution in [0.1, 0.15) is 5.56 Å². The van der Waals surface area contributed by atoms with Gasteiger partial charge in [-0.15, -0.1) is 0 Å². The topological polar surface area (TPSA) is 121 Å². The van der Waals surface area contributed by atoms with E-state index in [1.165, 1.54) is 12.1 Å². The largest absolute Gasteiger partial charge is 0.394 e. The van der Waals surface area contributed by atoms with Gasteiger partial charge in [0.1, 0.15) is 0 Å². The summed E-state index contributed by atoms with van der Waals surface area (Å²) in [5, 5.41) is 17.1. The van der Waals surface area contributed by atoms with Crippen molar-refractivity contribution in [3.8, 4) is 0 Å². The molecule has 8 heteroatoms. The Bertz CT molecular complexity index is 461. The lowest BCUT2D eigenvalue weighted by Crippen LogP contribution is -2.16. The van der Waals surface area contributed by atoms with Crippen LogP contribution in [0.15, 0.2) is 29.2 Å². The van der Waals surface area contributed by atoms with Gasteiger partial charge < -0.3 is 15.9 Å². The van der Waals surface area contributed by atoms with E-state index >= 15 is 0 Å². The SMILES string of the molecule is Cc1ccc(S(=O)(=O)O)cc1.NCCSCC(O)CO. The molecule has 0 spiro atoms. The third-order valence-electron chi connectivity index (χ3n) is 2.10. The normalized spacial score (nSPS) is 12.4. The monoisotopic (exact) mass is 323 g/mol. The quantitative estimate of drug-likeness (QED) is 0.438. The molecule has 0 amide bonds. The van der Waals surface area contributed by atoms with Crippen LogP contribution in [-0.4, -0.2) is 53.9 Å². The first kappa shape index (κ1) is 19.4. The second kappa shape index (κ2) is 10.1. The molecule has 1 aromatic rings. The molecule has 116 valence electrons. The average Bonchev–Trinajstić information content (AvgIpc) is 2.39. The molecule has 6 nitrogen and oxygen atoms in total. The van der Waals surface area contributed by atoms with Gasteiger partial charge in [-0.3, -0.25) is 4.55 Å². The van der Waals surface area contributed by atoms with Gasteiger partial charge in [0.25, 0.3) is 10.1 Å². The lowest BCUT2D eigenvalue weighted by Gasteiger charge is -2.04. The standard InChI is InChI=1S/C7H8O3S.C5H13NO2S/c1-6-2-4-7(5-3-6)11(8,9)10;6-1-2-9-4-5(8)3-7/h2-5H,1H3,(H,8,9,10);5,7-8H,1-4,6H2. The van der Waals surface area contributed by atoms with Crippen molar-refractivity contribution in [3.05, 3.63) is 29.8 Å². The molecule has 0 saturated carbocycles. The first-order chi connectivity index (χ1) is 9.31. The number of aliphatic hydroxyl groups excluding tert-OH is 2. The summed E-state index contributed by atoms with van der Waals surface area (Å²) >= 11 is 1.55. The van der Waals surface area contributed by atoms with Crippen LogP contribution in [0.3, 0.4) is 0 Å². The maximum atomic E-state index is 10.5. The number of rotatable bonds is 6. The highest BCUT2D eigenvalue weighted by Crippen LogP contribution is 2.08. The van der Waals surface area contributed by atoms with Gasteiger partial charge in [-0.1, -0.05) is 17.7 Å². The zero-order valence-corrected chi connectivity index (χ0v) is 12.9. The van der Waals surface area contributed by atoms with E-state index in [1.807, 2.05) is 6.92 Å². The molecule has 1 aromatic carbocycles. The van der Waals surface area contributed by atoms with E-state index in [0.29, 0.717) is 12.3 Å². The van der Waals surface area contributed by atoms with E-state index < -0.39 is 16.2 Å². The van der Waals surface area contributed by atoms with Crippen LogP contribution in [-0.2, 0) is 10.1 Å². The van der Waals surface area contributed by atoms with E-state index in [4.69, 9.17) is 20.5 Å². The van der Waals surface area contributed by atoms with Gasteiger partial charge in [-0.2, -0.15) is 20.2 Å². The third kappa shape index (κ3) is 9.29. The van der Waals surface area contributed by atoms with Crippen molar-refractivity contribution < 1.29 is 23.2 Å². The Kier molecular flexibility index (Phi) is 9.82. The van der Waals surface area contributed by atoms with Crippen LogP contribution < -0.4 is 5.73 Å². The van der Waals surface area contributed by atoms with Crippen LogP contribution >= 0.6 is 11.8 Å². The van der Waals surface area contributed by atoms with Crippen molar-refractivity contribution >= 4 is 21.9 Å². The minimum atomic E-state index is -4.02. The molecule has 0 aliphatic carbocycles. The highest BCUT2D eigenvalue weighted by Gasteiger charge is 2.06. The molecule has 0 radical (unpaired) electrons. The number of hydrogen-bond acceptors (Lipinski definition) is 6. The maximum absolute atomic E-state index is 10.5. The molecule has 0 heterocycles. The minimum absolute atomic E-state index is 0.0666. The van der Waals surface area contributed by atoms with E-state index in [9.17, 15) is 8.42 Å². The Hall–Kier alpha value is -0.640. The predicted molar refractivity (Wildman–Crippen MR) is 80.5 cm³/mol. The number of benzene rings is 1. The molecule has 1 atom stereocenters. The van der Waals surface area contributed by atoms with Crippen molar-refractivity contribution in [2.75, 3.05) is 24.7 Å². The van der Waals surface area contributed by atoms with Crippen molar-refractivity contribution in [1.29, 1.82) is 0 Å². The Labute approximate surface area is 123 Å². The Morgan fingerprint density at radius 2 is 1.85 bits per heavy atom. The van der Waals surface area contributed by atoms with E-state index in [0.717, 1.165) is 11.3 Å². The van der Waals surface area contributed by atoms with Gasteiger partial charge in [0.2, 0.25) is 0 Å². The van der Waals surface area contributed by atoms with Crippen molar-refractivity contribution in [2.24, 2.45) is 5.73 Å². The van der Waals surface area contributed by atoms with Crippen molar-refractivity contribution in [1.82, 2.24) is 0 Å². The maximum Gasteiger partial charge on any atom is 0.294 e. The van der Waals surface area contributed by atoms with Gasteiger partial charge >= 0.3 is 0 Å². The van der Waals surface area contributed by atoms with Gasteiger partial charge in [0.05, 0.1) is 17.6 Å². The van der Waals surface area contributed by atoms with Crippen LogP contribution in [0.4, 0.5) is 0 Å². The first-order valence-corrected chi connectivity index (χ1v) is 8.51. The number of aliphatic hydroxyl groups is 2. The zero-order chi connectivity index (χ0) is 15.6. The molecule has 5 N–H and O–H groups in total. The molecule has 0 aliphatic rings. The highest BCUT2D eigenvalue weighted by molar-refractivity contribution is 7.99. The van der Waals surface area contributed by atoms with Crippen LogP contribution in [0, 0.1) is 6.92 Å². The molecule has 0 saturated heterocycles. The summed E-state index contributed by atoms with van der Waals surface area (Å²) in [6.45, 7) is 2.31. The Balaban J connectivity index is 0.000000370. The first-order valence-electron chi connectivity index (χ1n) is 5.92. The zero-order valence-electron chi connectivity index (χ0n) is 11.3. The van der Waals surface area contributed by atoms with E-state index in [2.05, 4.69) is 0 Å². The molecule has 0 bridgehead atoms. The fraction of sp³-hybridized carbons (Fsp3) is 0.500. The number of thioether (sulfide) groups is 1. The summed E-state index contributed by atoms with van der Waals surface area (Å²) in [5.41, 5.74) is 6.15. The predicted octanol–water partition coefficient (Wildman–Crippen LogP) is 0.273. The second-order valence-corrected chi connectivity index (χ2v) is 6.56. The molecule has 1 unspecified atom stereocenters. The molecule has 1 rings (SSSR count). The summed E-state index contributed by atoms with van der Waals surface area (Å²) in [6.07, 6.45) is -0.582. The number of hydrogen-bond donors (Lipinski definition) is 4. The van der Waals surface area contributed by atoms with Gasteiger partial charge in [0, 0.05) is 18.1 Å². The van der Waals surface area contributed by atoms with Crippen LogP contribution in [0.25, 0.3) is 0 Å². The Morgan fingerprint density at radius 3 is 2.25 bits per heavy atom. The van der Waals surface area contributed by atoms with Crippen molar-refractivity contribution in [2.45, 2.75) is 17.9 Å². The highest BCUT2D eigenvalue weighted by atomic mass is 32.2. The van der Waals surface area contributed by atoms with E-state index in [1.54, 1.807) is 23.9 Å². The molecule has 20 heavy (non-hydrogen) atoms. The molecule has 0 fully saturated rings. The van der Waals surface area contributed by atoms with Gasteiger partial charge in [0.15, 0.2) is 0 Å². The number of aryl methyl sites for hydroxylation is 1. The van der Waals surface area contributed by atoms with Crippen LogP contribution in [0.5, 0.6) is 0 Å². The molecular formula is C12H21NO5S2. The fourth-order valence-corrected chi connectivity index (χ4v) is 2.26. The minimum Gasteiger partial charge on any atom is -0.394 e. The summed E-state index contributed by atoms with van der Waals surface area (Å²) in [7, 11) is -4.02. The molecule has 0 aromatic heterocycles. The second-order valence-electron chi connectivity index (χ2n) is 3.99. The van der Waals surface area contributed by atoms with Crippen molar-refractivity contribution in [3.63, 3.8) is 0 Å². The van der Waals surface area contributed by atoms with Gasteiger partial charge in [-0.05, 0) is 19.1 Å². The summed E-state index contributed by atoms with van der Waals surface area (Å²) < 4.78 is 29.6. The average molecular weight is 323 g/mol. The smallest absolute Gasteiger partial charge is 0.294 e. The third-order valence-corrected chi connectivity index (χ3v) is 4.11. The molecule has 0 aliphatic heterocycles. The Morgan fingerprint density at radius 1 is 1.30 bits per heavy atom.